The van der Waals surface area contributed by atoms with Gasteiger partial charge < -0.3 is 15.0 Å². The average Bonchev–Trinajstić information content (AvgIpc) is 2.83. The van der Waals surface area contributed by atoms with Gasteiger partial charge in [0.15, 0.2) is 5.75 Å². The van der Waals surface area contributed by atoms with E-state index in [2.05, 4.69) is 10.2 Å². The van der Waals surface area contributed by atoms with E-state index in [1.54, 1.807) is 0 Å². The molecule has 1 aromatic rings. The fraction of sp³-hybridized carbons (Fsp3) is 0.462. The van der Waals surface area contributed by atoms with Crippen molar-refractivity contribution >= 4 is 11.6 Å². The van der Waals surface area contributed by atoms with Crippen LogP contribution in [0.1, 0.15) is 16.8 Å². The number of nitrogens with one attached hydrogen (secondary N) is 1. The number of carbonyl (C=O) groups excluding carboxylic acids is 1. The highest BCUT2D eigenvalue weighted by molar-refractivity contribution is 5.95. The molecule has 1 atom stereocenters. The van der Waals surface area contributed by atoms with E-state index < -0.39 is 4.92 Å². The zero-order chi connectivity index (χ0) is 14.7. The normalized spacial score (nSPS) is 18.8. The first-order valence-corrected chi connectivity index (χ1v) is 6.33. The maximum Gasteiger partial charge on any atom is 0.310 e. The van der Waals surface area contributed by atoms with Crippen molar-refractivity contribution in [1.29, 1.82) is 0 Å². The van der Waals surface area contributed by atoms with Crippen LogP contribution in [-0.4, -0.2) is 49.0 Å². The minimum Gasteiger partial charge on any atom is -0.490 e. The highest BCUT2D eigenvalue weighted by Crippen LogP contribution is 2.27. The largest absolute Gasteiger partial charge is 0.490 e. The molecule has 1 N–H and O–H groups in total. The fourth-order valence-corrected chi connectivity index (χ4v) is 2.29. The van der Waals surface area contributed by atoms with Crippen molar-refractivity contribution in [2.24, 2.45) is 0 Å². The van der Waals surface area contributed by atoms with Gasteiger partial charge in [-0.25, -0.2) is 0 Å². The van der Waals surface area contributed by atoms with E-state index in [9.17, 15) is 14.9 Å². The molecule has 0 aromatic heterocycles. The lowest BCUT2D eigenvalue weighted by Gasteiger charge is -2.13. The smallest absolute Gasteiger partial charge is 0.310 e. The summed E-state index contributed by atoms with van der Waals surface area (Å²) in [4.78, 5) is 24.5. The van der Waals surface area contributed by atoms with Crippen molar-refractivity contribution in [1.82, 2.24) is 10.2 Å². The average molecular weight is 279 g/mol. The lowest BCUT2D eigenvalue weighted by molar-refractivity contribution is -0.385. The molecule has 0 radical (unpaired) electrons. The zero-order valence-corrected chi connectivity index (χ0v) is 11.5. The van der Waals surface area contributed by atoms with Crippen LogP contribution in [0.3, 0.4) is 0 Å². The number of likely N-dealkylation sites (N-methyl/N-ethyl adjacent to an activating group) is 1. The van der Waals surface area contributed by atoms with Crippen LogP contribution in [-0.2, 0) is 0 Å². The summed E-state index contributed by atoms with van der Waals surface area (Å²) < 4.78 is 4.95. The summed E-state index contributed by atoms with van der Waals surface area (Å²) in [6, 6.07) is 4.24. The Morgan fingerprint density at radius 1 is 1.55 bits per heavy atom. The van der Waals surface area contributed by atoms with Gasteiger partial charge in [-0.3, -0.25) is 14.9 Å². The maximum absolute atomic E-state index is 12.1. The second-order valence-corrected chi connectivity index (χ2v) is 4.87. The van der Waals surface area contributed by atoms with Gasteiger partial charge in [0.2, 0.25) is 0 Å². The number of ether oxygens (including phenoxy) is 1. The van der Waals surface area contributed by atoms with Crippen LogP contribution in [0.5, 0.6) is 5.75 Å². The Balaban J connectivity index is 2.12. The predicted molar refractivity (Wildman–Crippen MR) is 73.0 cm³/mol. The first kappa shape index (κ1) is 14.3. The SMILES string of the molecule is COc1cc(C(=O)N[C@@H]2CCN(C)C2)ccc1[N+](=O)[O-]. The Kier molecular flexibility index (Phi) is 4.19. The minimum absolute atomic E-state index is 0.0891. The number of rotatable bonds is 4. The van der Waals surface area contributed by atoms with Gasteiger partial charge in [-0.1, -0.05) is 0 Å². The Morgan fingerprint density at radius 3 is 2.85 bits per heavy atom. The second kappa shape index (κ2) is 5.87. The molecule has 0 spiro atoms. The number of nitro groups is 1. The number of methoxy groups -OCH3 is 1. The first-order chi connectivity index (χ1) is 9.51. The molecule has 1 aliphatic rings. The maximum atomic E-state index is 12.1. The van der Waals surface area contributed by atoms with Crippen LogP contribution in [0.4, 0.5) is 5.69 Å². The number of hydrogen-bond acceptors (Lipinski definition) is 5. The molecule has 1 heterocycles. The van der Waals surface area contributed by atoms with E-state index in [4.69, 9.17) is 4.74 Å². The van der Waals surface area contributed by atoms with Crippen molar-refractivity contribution in [3.05, 3.63) is 33.9 Å². The van der Waals surface area contributed by atoms with Crippen LogP contribution in [0, 0.1) is 10.1 Å². The van der Waals surface area contributed by atoms with Gasteiger partial charge in [-0.2, -0.15) is 0 Å². The molecule has 1 saturated heterocycles. The van der Waals surface area contributed by atoms with E-state index in [1.807, 2.05) is 7.05 Å². The summed E-state index contributed by atoms with van der Waals surface area (Å²) >= 11 is 0. The van der Waals surface area contributed by atoms with Gasteiger partial charge in [-0.15, -0.1) is 0 Å². The predicted octanol–water partition coefficient (Wildman–Crippen LogP) is 1.04. The Hall–Kier alpha value is -2.15. The number of amides is 1. The summed E-state index contributed by atoms with van der Waals surface area (Å²) in [5, 5.41) is 13.7. The Labute approximate surface area is 116 Å². The number of nitrogens with zero attached hydrogens (tertiary/aromatic N) is 2. The highest BCUT2D eigenvalue weighted by atomic mass is 16.6. The number of nitro benzene ring substituents is 1. The van der Waals surface area contributed by atoms with Crippen LogP contribution >= 0.6 is 0 Å². The molecule has 1 aliphatic heterocycles. The first-order valence-electron chi connectivity index (χ1n) is 6.33. The van der Waals surface area contributed by atoms with Crippen molar-refractivity contribution in [2.45, 2.75) is 12.5 Å². The van der Waals surface area contributed by atoms with Gasteiger partial charge in [0.1, 0.15) is 0 Å². The van der Waals surface area contributed by atoms with Crippen molar-refractivity contribution in [2.75, 3.05) is 27.2 Å². The van der Waals surface area contributed by atoms with Crippen molar-refractivity contribution in [3.8, 4) is 5.75 Å². The number of carbonyl (C=O) groups is 1. The lowest BCUT2D eigenvalue weighted by Crippen LogP contribution is -2.36. The molecule has 1 aromatic carbocycles. The number of hydrogen-bond donors (Lipinski definition) is 1. The summed E-state index contributed by atoms with van der Waals surface area (Å²) in [6.07, 6.45) is 0.909. The van der Waals surface area contributed by atoms with Gasteiger partial charge >= 0.3 is 5.69 Å². The molecule has 0 unspecified atom stereocenters. The van der Waals surface area contributed by atoms with E-state index in [-0.39, 0.29) is 23.4 Å². The van der Waals surface area contributed by atoms with Crippen LogP contribution in [0.25, 0.3) is 0 Å². The summed E-state index contributed by atoms with van der Waals surface area (Å²) in [5.74, 6) is -0.148. The minimum atomic E-state index is -0.535. The molecule has 20 heavy (non-hydrogen) atoms. The number of benzene rings is 1. The molecular weight excluding hydrogens is 262 g/mol. The van der Waals surface area contributed by atoms with Gasteiger partial charge in [-0.05, 0) is 26.1 Å². The van der Waals surface area contributed by atoms with Crippen molar-refractivity contribution < 1.29 is 14.5 Å². The molecule has 0 saturated carbocycles. The second-order valence-electron chi connectivity index (χ2n) is 4.87. The zero-order valence-electron chi connectivity index (χ0n) is 11.5. The van der Waals surface area contributed by atoms with Gasteiger partial charge in [0.05, 0.1) is 12.0 Å². The third kappa shape index (κ3) is 3.05. The van der Waals surface area contributed by atoms with Gasteiger partial charge in [0.25, 0.3) is 5.91 Å². The Morgan fingerprint density at radius 2 is 2.30 bits per heavy atom. The third-order valence-electron chi connectivity index (χ3n) is 3.37. The van der Waals surface area contributed by atoms with Crippen LogP contribution < -0.4 is 10.1 Å². The van der Waals surface area contributed by atoms with Crippen LogP contribution in [0.2, 0.25) is 0 Å². The third-order valence-corrected chi connectivity index (χ3v) is 3.37. The molecular formula is C13H17N3O4. The number of likely N-dealkylation sites (tertiary alicyclic amines) is 1. The highest BCUT2D eigenvalue weighted by Gasteiger charge is 2.23. The van der Waals surface area contributed by atoms with E-state index in [0.29, 0.717) is 5.56 Å². The molecule has 1 amide bonds. The summed E-state index contributed by atoms with van der Waals surface area (Å²) in [5.41, 5.74) is 0.214. The molecule has 0 bridgehead atoms. The molecule has 2 rings (SSSR count). The molecule has 0 aliphatic carbocycles. The van der Waals surface area contributed by atoms with E-state index in [1.165, 1.54) is 25.3 Å². The molecule has 7 nitrogen and oxygen atoms in total. The van der Waals surface area contributed by atoms with Gasteiger partial charge in [0, 0.05) is 30.3 Å². The monoisotopic (exact) mass is 279 g/mol. The summed E-state index contributed by atoms with van der Waals surface area (Å²) in [7, 11) is 3.34. The Bertz CT molecular complexity index is 532. The molecule has 108 valence electrons. The van der Waals surface area contributed by atoms with Crippen molar-refractivity contribution in [3.63, 3.8) is 0 Å². The van der Waals surface area contributed by atoms with E-state index in [0.717, 1.165) is 19.5 Å². The molecule has 1 fully saturated rings. The fourth-order valence-electron chi connectivity index (χ4n) is 2.29. The lowest BCUT2D eigenvalue weighted by atomic mass is 10.1. The quantitative estimate of drug-likeness (QED) is 0.657. The van der Waals surface area contributed by atoms with Crippen LogP contribution in [0.15, 0.2) is 18.2 Å². The summed E-state index contributed by atoms with van der Waals surface area (Å²) in [6.45, 7) is 1.77. The standard InChI is InChI=1S/C13H17N3O4/c1-15-6-5-10(8-15)14-13(17)9-3-4-11(16(18)19)12(7-9)20-2/h3-4,7,10H,5-6,8H2,1-2H3,(H,14,17)/t10-/m1/s1. The molecule has 7 heteroatoms. The topological polar surface area (TPSA) is 84.7 Å². The van der Waals surface area contributed by atoms with E-state index >= 15 is 0 Å².